The number of rotatable bonds is 5. The van der Waals surface area contributed by atoms with Gasteiger partial charge in [-0.25, -0.2) is 8.42 Å². The molecule has 0 aliphatic carbocycles. The SMILES string of the molecule is C=CCn1c(=NC(=O)c2ccc(S(=O)(=O)N3CCC(C)CC3)cc2)sc2ccccc21. The van der Waals surface area contributed by atoms with Crippen molar-refractivity contribution in [2.75, 3.05) is 13.1 Å². The number of para-hydroxylation sites is 1. The largest absolute Gasteiger partial charge is 0.312 e. The van der Waals surface area contributed by atoms with E-state index in [2.05, 4.69) is 18.5 Å². The molecule has 0 bridgehead atoms. The van der Waals surface area contributed by atoms with Gasteiger partial charge in [-0.15, -0.1) is 6.58 Å². The van der Waals surface area contributed by atoms with Crippen molar-refractivity contribution in [3.8, 4) is 0 Å². The first-order valence-corrected chi connectivity index (χ1v) is 12.5. The third kappa shape index (κ3) is 4.42. The smallest absolute Gasteiger partial charge is 0.279 e. The highest BCUT2D eigenvalue weighted by Gasteiger charge is 2.28. The molecule has 1 aromatic heterocycles. The summed E-state index contributed by atoms with van der Waals surface area (Å²) in [4.78, 5) is 17.9. The second kappa shape index (κ2) is 8.90. The monoisotopic (exact) mass is 455 g/mol. The number of allylic oxidation sites excluding steroid dienone is 1. The number of nitrogens with zero attached hydrogens (tertiary/aromatic N) is 3. The molecule has 162 valence electrons. The summed E-state index contributed by atoms with van der Waals surface area (Å²) in [7, 11) is -3.54. The van der Waals surface area contributed by atoms with Gasteiger partial charge in [-0.3, -0.25) is 4.79 Å². The Labute approximate surface area is 186 Å². The molecular formula is C23H25N3O3S2. The second-order valence-corrected chi connectivity index (χ2v) is 10.7. The number of benzene rings is 2. The lowest BCUT2D eigenvalue weighted by Crippen LogP contribution is -2.37. The van der Waals surface area contributed by atoms with Crippen LogP contribution in [0.3, 0.4) is 0 Å². The zero-order chi connectivity index (χ0) is 22.0. The maximum absolute atomic E-state index is 12.9. The van der Waals surface area contributed by atoms with Gasteiger partial charge in [0.05, 0.1) is 15.1 Å². The van der Waals surface area contributed by atoms with E-state index in [1.807, 2.05) is 28.8 Å². The van der Waals surface area contributed by atoms with Crippen LogP contribution in [0.5, 0.6) is 0 Å². The molecule has 0 saturated carbocycles. The maximum atomic E-state index is 12.9. The van der Waals surface area contributed by atoms with Gasteiger partial charge in [0.1, 0.15) is 0 Å². The van der Waals surface area contributed by atoms with Gasteiger partial charge in [0, 0.05) is 25.2 Å². The number of thiazole rings is 1. The predicted molar refractivity (Wildman–Crippen MR) is 124 cm³/mol. The fraction of sp³-hybridized carbons (Fsp3) is 0.304. The molecule has 2 aromatic carbocycles. The molecule has 1 aliphatic rings. The summed E-state index contributed by atoms with van der Waals surface area (Å²) in [6.07, 6.45) is 3.51. The van der Waals surface area contributed by atoms with Crippen molar-refractivity contribution in [2.45, 2.75) is 31.2 Å². The highest BCUT2D eigenvalue weighted by atomic mass is 32.2. The van der Waals surface area contributed by atoms with Crippen molar-refractivity contribution in [1.82, 2.24) is 8.87 Å². The number of piperidine rings is 1. The van der Waals surface area contributed by atoms with Crippen molar-refractivity contribution in [2.24, 2.45) is 10.9 Å². The van der Waals surface area contributed by atoms with Crippen LogP contribution in [0.25, 0.3) is 10.2 Å². The number of carbonyl (C=O) groups is 1. The molecule has 3 aromatic rings. The summed E-state index contributed by atoms with van der Waals surface area (Å²) in [5.74, 6) is 0.144. The predicted octanol–water partition coefficient (Wildman–Crippen LogP) is 4.05. The molecule has 1 aliphatic heterocycles. The van der Waals surface area contributed by atoms with Gasteiger partial charge < -0.3 is 4.57 Å². The molecule has 1 saturated heterocycles. The number of carbonyl (C=O) groups excluding carboxylic acids is 1. The summed E-state index contributed by atoms with van der Waals surface area (Å²) in [6.45, 7) is 7.55. The van der Waals surface area contributed by atoms with Gasteiger partial charge in [0.25, 0.3) is 5.91 Å². The lowest BCUT2D eigenvalue weighted by atomic mass is 10.0. The normalized spacial score (nSPS) is 16.6. The van der Waals surface area contributed by atoms with E-state index in [4.69, 9.17) is 0 Å². The van der Waals surface area contributed by atoms with Crippen LogP contribution in [0.4, 0.5) is 0 Å². The van der Waals surface area contributed by atoms with Crippen LogP contribution < -0.4 is 4.80 Å². The van der Waals surface area contributed by atoms with E-state index in [-0.39, 0.29) is 4.90 Å². The van der Waals surface area contributed by atoms with Gasteiger partial charge in [-0.2, -0.15) is 9.30 Å². The van der Waals surface area contributed by atoms with Crippen LogP contribution in [-0.4, -0.2) is 36.3 Å². The van der Waals surface area contributed by atoms with Crippen LogP contribution >= 0.6 is 11.3 Å². The maximum Gasteiger partial charge on any atom is 0.279 e. The van der Waals surface area contributed by atoms with E-state index in [1.165, 1.54) is 39.9 Å². The molecule has 31 heavy (non-hydrogen) atoms. The Morgan fingerprint density at radius 1 is 1.16 bits per heavy atom. The van der Waals surface area contributed by atoms with Crippen molar-refractivity contribution in [3.05, 3.63) is 71.6 Å². The lowest BCUT2D eigenvalue weighted by molar-refractivity contribution is 0.0997. The molecule has 0 N–H and O–H groups in total. The molecule has 1 fully saturated rings. The zero-order valence-electron chi connectivity index (χ0n) is 17.4. The summed E-state index contributed by atoms with van der Waals surface area (Å²) in [6, 6.07) is 13.9. The van der Waals surface area contributed by atoms with Crippen LogP contribution in [-0.2, 0) is 16.6 Å². The summed E-state index contributed by atoms with van der Waals surface area (Å²) in [5, 5.41) is 0. The average molecular weight is 456 g/mol. The fourth-order valence-electron chi connectivity index (χ4n) is 3.71. The van der Waals surface area contributed by atoms with E-state index in [0.29, 0.717) is 35.9 Å². The Kier molecular flexibility index (Phi) is 6.22. The molecular weight excluding hydrogens is 430 g/mol. The molecule has 8 heteroatoms. The minimum atomic E-state index is -3.54. The van der Waals surface area contributed by atoms with Gasteiger partial charge in [-0.1, -0.05) is 36.5 Å². The minimum Gasteiger partial charge on any atom is -0.312 e. The quantitative estimate of drug-likeness (QED) is 0.545. The Bertz CT molecular complexity index is 1280. The number of sulfonamides is 1. The van der Waals surface area contributed by atoms with Crippen molar-refractivity contribution in [1.29, 1.82) is 0 Å². The van der Waals surface area contributed by atoms with Crippen LogP contribution in [0, 0.1) is 5.92 Å². The number of hydrogen-bond donors (Lipinski definition) is 0. The number of hydrogen-bond acceptors (Lipinski definition) is 4. The Balaban J connectivity index is 1.61. The Hall–Kier alpha value is -2.55. The first-order chi connectivity index (χ1) is 14.9. The number of amides is 1. The summed E-state index contributed by atoms with van der Waals surface area (Å²) in [5.41, 5.74) is 1.35. The summed E-state index contributed by atoms with van der Waals surface area (Å²) >= 11 is 1.44. The van der Waals surface area contributed by atoms with Gasteiger partial charge in [0.2, 0.25) is 10.0 Å². The molecule has 0 radical (unpaired) electrons. The Morgan fingerprint density at radius 3 is 2.52 bits per heavy atom. The molecule has 6 nitrogen and oxygen atoms in total. The van der Waals surface area contributed by atoms with E-state index >= 15 is 0 Å². The number of fused-ring (bicyclic) bond motifs is 1. The van der Waals surface area contributed by atoms with E-state index in [9.17, 15) is 13.2 Å². The van der Waals surface area contributed by atoms with Crippen molar-refractivity contribution < 1.29 is 13.2 Å². The van der Waals surface area contributed by atoms with Gasteiger partial charge in [-0.05, 0) is 55.2 Å². The second-order valence-electron chi connectivity index (χ2n) is 7.78. The van der Waals surface area contributed by atoms with Crippen LogP contribution in [0.1, 0.15) is 30.1 Å². The van der Waals surface area contributed by atoms with Crippen LogP contribution in [0.15, 0.2) is 71.1 Å². The third-order valence-corrected chi connectivity index (χ3v) is 8.55. The van der Waals surface area contributed by atoms with Crippen LogP contribution in [0.2, 0.25) is 0 Å². The third-order valence-electron chi connectivity index (χ3n) is 5.58. The zero-order valence-corrected chi connectivity index (χ0v) is 19.0. The first kappa shape index (κ1) is 21.7. The minimum absolute atomic E-state index is 0.210. The molecule has 1 amide bonds. The van der Waals surface area contributed by atoms with E-state index in [1.54, 1.807) is 6.08 Å². The Morgan fingerprint density at radius 2 is 1.84 bits per heavy atom. The van der Waals surface area contributed by atoms with E-state index in [0.717, 1.165) is 23.1 Å². The number of aromatic nitrogens is 1. The molecule has 0 spiro atoms. The summed E-state index contributed by atoms with van der Waals surface area (Å²) < 4.78 is 30.3. The topological polar surface area (TPSA) is 71.7 Å². The average Bonchev–Trinajstić information content (AvgIpc) is 3.11. The van der Waals surface area contributed by atoms with Gasteiger partial charge >= 0.3 is 0 Å². The molecule has 0 unspecified atom stereocenters. The highest BCUT2D eigenvalue weighted by Crippen LogP contribution is 2.24. The highest BCUT2D eigenvalue weighted by molar-refractivity contribution is 7.89. The van der Waals surface area contributed by atoms with Crippen molar-refractivity contribution >= 4 is 37.5 Å². The van der Waals surface area contributed by atoms with Crippen molar-refractivity contribution in [3.63, 3.8) is 0 Å². The lowest BCUT2D eigenvalue weighted by Gasteiger charge is -2.29. The van der Waals surface area contributed by atoms with Gasteiger partial charge in [0.15, 0.2) is 4.80 Å². The van der Waals surface area contributed by atoms with E-state index < -0.39 is 15.9 Å². The molecule has 4 rings (SSSR count). The molecule has 0 atom stereocenters. The standard InChI is InChI=1S/C23H25N3O3S2/c1-3-14-26-20-6-4-5-7-21(20)30-23(26)24-22(27)18-8-10-19(11-9-18)31(28,29)25-15-12-17(2)13-16-25/h3-11,17H,1,12-16H2,2H3. The molecule has 2 heterocycles. The first-order valence-electron chi connectivity index (χ1n) is 10.3. The fourth-order valence-corrected chi connectivity index (χ4v) is 6.21.